The Labute approximate surface area is 134 Å². The van der Waals surface area contributed by atoms with E-state index in [2.05, 4.69) is 44.0 Å². The summed E-state index contributed by atoms with van der Waals surface area (Å²) < 4.78 is 0. The molecule has 2 atom stereocenters. The Morgan fingerprint density at radius 1 is 1.23 bits per heavy atom. The Morgan fingerprint density at radius 3 is 2.55 bits per heavy atom. The Morgan fingerprint density at radius 2 is 1.95 bits per heavy atom. The van der Waals surface area contributed by atoms with Crippen molar-refractivity contribution in [2.45, 2.75) is 64.7 Å². The van der Waals surface area contributed by atoms with Crippen molar-refractivity contribution in [2.75, 3.05) is 0 Å². The molecule has 0 aliphatic heterocycles. The number of rotatable bonds is 3. The number of nitriles is 1. The van der Waals surface area contributed by atoms with Crippen molar-refractivity contribution in [3.8, 4) is 6.07 Å². The monoisotopic (exact) mass is 294 g/mol. The normalized spacial score (nSPS) is 44.7. The molecule has 4 saturated carbocycles. The predicted molar refractivity (Wildman–Crippen MR) is 87.0 cm³/mol. The van der Waals surface area contributed by atoms with Gasteiger partial charge in [0.15, 0.2) is 0 Å². The molecule has 5 rings (SSSR count). The molecule has 0 N–H and O–H groups in total. The standard InChI is InChI=1S/C20H26N2/c1-17(2)15(8-10-21)7-9-18(17,3)20-12-19(13-20,14-20)16-6-4-5-11-22-16/h4-6,11,15H,7-9,12-14H2,1-3H3. The van der Waals surface area contributed by atoms with Gasteiger partial charge in [-0.25, -0.2) is 0 Å². The smallest absolute Gasteiger partial charge is 0.0624 e. The summed E-state index contributed by atoms with van der Waals surface area (Å²) in [6.45, 7) is 7.37. The van der Waals surface area contributed by atoms with Gasteiger partial charge >= 0.3 is 0 Å². The second kappa shape index (κ2) is 4.13. The first-order chi connectivity index (χ1) is 10.4. The van der Waals surface area contributed by atoms with E-state index in [9.17, 15) is 0 Å². The quantitative estimate of drug-likeness (QED) is 0.798. The molecule has 2 nitrogen and oxygen atoms in total. The van der Waals surface area contributed by atoms with Gasteiger partial charge in [-0.15, -0.1) is 0 Å². The molecule has 2 unspecified atom stereocenters. The second-order valence-corrected chi connectivity index (χ2v) is 8.96. The second-order valence-electron chi connectivity index (χ2n) is 8.96. The summed E-state index contributed by atoms with van der Waals surface area (Å²) in [5.41, 5.74) is 2.87. The minimum Gasteiger partial charge on any atom is -0.261 e. The third kappa shape index (κ3) is 1.43. The molecular weight excluding hydrogens is 268 g/mol. The molecule has 116 valence electrons. The van der Waals surface area contributed by atoms with Gasteiger partial charge in [-0.1, -0.05) is 26.8 Å². The number of pyridine rings is 1. The molecule has 0 amide bonds. The highest BCUT2D eigenvalue weighted by Gasteiger charge is 2.77. The largest absolute Gasteiger partial charge is 0.261 e. The Kier molecular flexibility index (Phi) is 2.68. The SMILES string of the molecule is CC1(C)C(CC#N)CCC1(C)C12CC(c3ccccn3)(C1)C2. The lowest BCUT2D eigenvalue weighted by atomic mass is 9.26. The Hall–Kier alpha value is -1.36. The maximum Gasteiger partial charge on any atom is 0.0624 e. The molecule has 1 aromatic heterocycles. The first-order valence-electron chi connectivity index (χ1n) is 8.68. The minimum absolute atomic E-state index is 0.277. The maximum atomic E-state index is 9.14. The summed E-state index contributed by atoms with van der Waals surface area (Å²) >= 11 is 0. The number of aromatic nitrogens is 1. The summed E-state index contributed by atoms with van der Waals surface area (Å²) in [6.07, 6.45) is 9.14. The summed E-state index contributed by atoms with van der Waals surface area (Å²) in [5, 5.41) is 9.14. The zero-order valence-electron chi connectivity index (χ0n) is 14.0. The lowest BCUT2D eigenvalue weighted by molar-refractivity contribution is -0.251. The minimum atomic E-state index is 0.277. The topological polar surface area (TPSA) is 36.7 Å². The molecule has 0 spiro atoms. The van der Waals surface area contributed by atoms with E-state index in [-0.39, 0.29) is 5.41 Å². The van der Waals surface area contributed by atoms with Gasteiger partial charge in [-0.3, -0.25) is 4.98 Å². The van der Waals surface area contributed by atoms with Crippen LogP contribution in [0.15, 0.2) is 24.4 Å². The first-order valence-corrected chi connectivity index (χ1v) is 8.68. The fourth-order valence-corrected chi connectivity index (χ4v) is 6.33. The van der Waals surface area contributed by atoms with E-state index in [1.165, 1.54) is 37.8 Å². The highest BCUT2D eigenvalue weighted by molar-refractivity contribution is 5.38. The first kappa shape index (κ1) is 14.2. The molecule has 0 radical (unpaired) electrons. The van der Waals surface area contributed by atoms with Crippen LogP contribution in [0.25, 0.3) is 0 Å². The van der Waals surface area contributed by atoms with Crippen molar-refractivity contribution >= 4 is 0 Å². The van der Waals surface area contributed by atoms with Crippen LogP contribution in [-0.2, 0) is 5.41 Å². The maximum absolute atomic E-state index is 9.14. The van der Waals surface area contributed by atoms with E-state index in [1.807, 2.05) is 12.3 Å². The van der Waals surface area contributed by atoms with Gasteiger partial charge in [0.25, 0.3) is 0 Å². The molecule has 4 aliphatic rings. The van der Waals surface area contributed by atoms with Gasteiger partial charge in [0.1, 0.15) is 0 Å². The molecular formula is C20H26N2. The van der Waals surface area contributed by atoms with Crippen LogP contribution in [0.3, 0.4) is 0 Å². The molecule has 2 heteroatoms. The summed E-state index contributed by atoms with van der Waals surface area (Å²) in [4.78, 5) is 4.63. The highest BCUT2D eigenvalue weighted by atomic mass is 14.9. The van der Waals surface area contributed by atoms with Crippen LogP contribution >= 0.6 is 0 Å². The van der Waals surface area contributed by atoms with Crippen molar-refractivity contribution in [3.63, 3.8) is 0 Å². The van der Waals surface area contributed by atoms with E-state index in [4.69, 9.17) is 5.26 Å². The fourth-order valence-electron chi connectivity index (χ4n) is 6.33. The summed E-state index contributed by atoms with van der Waals surface area (Å²) in [7, 11) is 0. The number of nitrogens with zero attached hydrogens (tertiary/aromatic N) is 2. The lowest BCUT2D eigenvalue weighted by Gasteiger charge is -2.78. The van der Waals surface area contributed by atoms with Crippen molar-refractivity contribution in [1.82, 2.24) is 4.98 Å². The van der Waals surface area contributed by atoms with E-state index in [0.29, 0.717) is 22.2 Å². The van der Waals surface area contributed by atoms with Crippen LogP contribution in [0.5, 0.6) is 0 Å². The lowest BCUT2D eigenvalue weighted by Crippen LogP contribution is -2.72. The average Bonchev–Trinajstić information content (AvgIpc) is 2.62. The average molecular weight is 294 g/mol. The zero-order chi connectivity index (χ0) is 15.6. The summed E-state index contributed by atoms with van der Waals surface area (Å²) in [5.74, 6) is 0.572. The Bertz CT molecular complexity index is 620. The van der Waals surface area contributed by atoms with Crippen LogP contribution < -0.4 is 0 Å². The fraction of sp³-hybridized carbons (Fsp3) is 0.700. The Balaban J connectivity index is 1.58. The molecule has 0 aromatic carbocycles. The van der Waals surface area contributed by atoms with Gasteiger partial charge in [0, 0.05) is 23.7 Å². The van der Waals surface area contributed by atoms with Crippen molar-refractivity contribution in [2.24, 2.45) is 22.2 Å². The van der Waals surface area contributed by atoms with Gasteiger partial charge in [0.05, 0.1) is 6.07 Å². The molecule has 0 saturated heterocycles. The van der Waals surface area contributed by atoms with Crippen molar-refractivity contribution < 1.29 is 0 Å². The molecule has 1 heterocycles. The molecule has 22 heavy (non-hydrogen) atoms. The third-order valence-corrected chi connectivity index (χ3v) is 8.18. The van der Waals surface area contributed by atoms with Crippen LogP contribution in [0.1, 0.15) is 65.0 Å². The van der Waals surface area contributed by atoms with Gasteiger partial charge in [0.2, 0.25) is 0 Å². The molecule has 4 aliphatic carbocycles. The predicted octanol–water partition coefficient (Wildman–Crippen LogP) is 4.86. The molecule has 4 fully saturated rings. The van der Waals surface area contributed by atoms with Crippen molar-refractivity contribution in [3.05, 3.63) is 30.1 Å². The molecule has 2 bridgehead atoms. The van der Waals surface area contributed by atoms with Gasteiger partial charge < -0.3 is 0 Å². The highest BCUT2D eigenvalue weighted by Crippen LogP contribution is 2.84. The summed E-state index contributed by atoms with van der Waals surface area (Å²) in [6, 6.07) is 8.78. The van der Waals surface area contributed by atoms with Crippen LogP contribution in [-0.4, -0.2) is 4.98 Å². The van der Waals surface area contributed by atoms with E-state index < -0.39 is 0 Å². The van der Waals surface area contributed by atoms with E-state index in [0.717, 1.165) is 6.42 Å². The number of hydrogen-bond donors (Lipinski definition) is 0. The zero-order valence-corrected chi connectivity index (χ0v) is 14.0. The van der Waals surface area contributed by atoms with Crippen LogP contribution in [0.2, 0.25) is 0 Å². The third-order valence-electron chi connectivity index (χ3n) is 8.18. The van der Waals surface area contributed by atoms with Gasteiger partial charge in [-0.2, -0.15) is 5.26 Å². The van der Waals surface area contributed by atoms with Crippen LogP contribution in [0, 0.1) is 33.5 Å². The molecule has 1 aromatic rings. The van der Waals surface area contributed by atoms with E-state index in [1.54, 1.807) is 0 Å². The van der Waals surface area contributed by atoms with Crippen LogP contribution in [0.4, 0.5) is 0 Å². The van der Waals surface area contributed by atoms with E-state index >= 15 is 0 Å². The van der Waals surface area contributed by atoms with Gasteiger partial charge in [-0.05, 0) is 66.4 Å². The van der Waals surface area contributed by atoms with Crippen molar-refractivity contribution in [1.29, 1.82) is 5.26 Å². The number of hydrogen-bond acceptors (Lipinski definition) is 2.